The molecule has 7 heteroatoms. The molecular weight excluding hydrogens is 246 g/mol. The number of aliphatic carboxylic acids is 1. The molecule has 0 aliphatic carbocycles. The third-order valence-corrected chi connectivity index (χ3v) is 3.36. The van der Waals surface area contributed by atoms with Crippen LogP contribution in [-0.2, 0) is 19.6 Å². The van der Waals surface area contributed by atoms with E-state index < -0.39 is 28.5 Å². The van der Waals surface area contributed by atoms with Crippen LogP contribution in [-0.4, -0.2) is 31.8 Å². The highest BCUT2D eigenvalue weighted by Gasteiger charge is 2.21. The molecule has 1 aromatic carbocycles. The number of carbonyl (C=O) groups is 1. The van der Waals surface area contributed by atoms with Crippen molar-refractivity contribution in [1.29, 1.82) is 0 Å². The molecule has 0 fully saturated rings. The Bertz CT molecular complexity index is 497. The Kier molecular flexibility index (Phi) is 4.36. The van der Waals surface area contributed by atoms with Gasteiger partial charge >= 0.3 is 5.97 Å². The number of carboxylic acid groups (broad SMARTS) is 1. The third-order valence-electron chi connectivity index (χ3n) is 1.87. The van der Waals surface area contributed by atoms with Gasteiger partial charge in [0, 0.05) is 0 Å². The minimum absolute atomic E-state index is 0.0364. The summed E-state index contributed by atoms with van der Waals surface area (Å²) < 4.78 is 25.4. The van der Waals surface area contributed by atoms with Gasteiger partial charge in [-0.1, -0.05) is 18.2 Å². The summed E-state index contributed by atoms with van der Waals surface area (Å²) in [4.78, 5) is 20.8. The molecule has 91 valence electrons. The van der Waals surface area contributed by atoms with E-state index in [0.29, 0.717) is 0 Å². The maximum Gasteiger partial charge on any atom is 0.305 e. The molecular formula is C10H10NO5S. The van der Waals surface area contributed by atoms with Crippen LogP contribution in [0.15, 0.2) is 35.2 Å². The van der Waals surface area contributed by atoms with E-state index in [9.17, 15) is 18.0 Å². The molecule has 0 spiro atoms. The van der Waals surface area contributed by atoms with Crippen LogP contribution in [0.2, 0.25) is 0 Å². The van der Waals surface area contributed by atoms with Crippen LogP contribution >= 0.6 is 0 Å². The zero-order valence-corrected chi connectivity index (χ0v) is 9.48. The minimum atomic E-state index is -3.89. The topological polar surface area (TPSA) is 101 Å². The molecule has 17 heavy (non-hydrogen) atoms. The van der Waals surface area contributed by atoms with Crippen molar-refractivity contribution < 1.29 is 23.1 Å². The normalized spacial score (nSPS) is 12.9. The summed E-state index contributed by atoms with van der Waals surface area (Å²) in [5.41, 5.74) is 0. The second-order valence-corrected chi connectivity index (χ2v) is 4.92. The van der Waals surface area contributed by atoms with Crippen molar-refractivity contribution in [2.75, 3.05) is 0 Å². The molecule has 0 amide bonds. The quantitative estimate of drug-likeness (QED) is 0.741. The Balaban J connectivity index is 2.86. The van der Waals surface area contributed by atoms with Gasteiger partial charge in [0.05, 0.1) is 17.4 Å². The fraction of sp³-hybridized carbons (Fsp3) is 0.200. The maximum absolute atomic E-state index is 11.7. The highest BCUT2D eigenvalue weighted by atomic mass is 32.2. The van der Waals surface area contributed by atoms with Gasteiger partial charge < -0.3 is 5.11 Å². The number of carboxylic acids is 1. The summed E-state index contributed by atoms with van der Waals surface area (Å²) in [5, 5.41) is 8.47. The summed E-state index contributed by atoms with van der Waals surface area (Å²) in [6.45, 7) is 0. The first-order chi connectivity index (χ1) is 7.95. The number of benzene rings is 1. The van der Waals surface area contributed by atoms with E-state index in [-0.39, 0.29) is 4.90 Å². The van der Waals surface area contributed by atoms with Crippen LogP contribution in [0, 0.1) is 0 Å². The first-order valence-electron chi connectivity index (χ1n) is 4.62. The largest absolute Gasteiger partial charge is 0.481 e. The molecule has 1 rings (SSSR count). The molecule has 0 aliphatic rings. The molecule has 0 heterocycles. The van der Waals surface area contributed by atoms with Gasteiger partial charge in [0.1, 0.15) is 0 Å². The van der Waals surface area contributed by atoms with Crippen molar-refractivity contribution in [2.24, 2.45) is 0 Å². The molecule has 0 aromatic heterocycles. The lowest BCUT2D eigenvalue weighted by atomic mass is 10.2. The van der Waals surface area contributed by atoms with Gasteiger partial charge in [-0.15, -0.1) is 0 Å². The predicted molar refractivity (Wildman–Crippen MR) is 58.5 cm³/mol. The average Bonchev–Trinajstić information content (AvgIpc) is 2.28. The van der Waals surface area contributed by atoms with Crippen molar-refractivity contribution in [1.82, 2.24) is 4.72 Å². The van der Waals surface area contributed by atoms with E-state index >= 15 is 0 Å². The molecule has 0 saturated carbocycles. The van der Waals surface area contributed by atoms with Gasteiger partial charge in [0.2, 0.25) is 16.3 Å². The Labute approximate surface area is 98.3 Å². The zero-order chi connectivity index (χ0) is 12.9. The first kappa shape index (κ1) is 13.3. The van der Waals surface area contributed by atoms with E-state index in [1.54, 1.807) is 6.07 Å². The van der Waals surface area contributed by atoms with Gasteiger partial charge in [-0.3, -0.25) is 9.59 Å². The number of carbonyl (C=O) groups excluding carboxylic acids is 1. The highest BCUT2D eigenvalue weighted by Crippen LogP contribution is 2.08. The lowest BCUT2D eigenvalue weighted by molar-refractivity contribution is -0.137. The Morgan fingerprint density at radius 1 is 1.35 bits per heavy atom. The summed E-state index contributed by atoms with van der Waals surface area (Å²) in [5.74, 6) is -1.28. The fourth-order valence-corrected chi connectivity index (χ4v) is 2.29. The molecule has 1 atom stereocenters. The minimum Gasteiger partial charge on any atom is -0.481 e. The Morgan fingerprint density at radius 3 is 2.41 bits per heavy atom. The van der Waals surface area contributed by atoms with Crippen molar-refractivity contribution in [3.63, 3.8) is 0 Å². The lowest BCUT2D eigenvalue weighted by Crippen LogP contribution is -2.37. The highest BCUT2D eigenvalue weighted by molar-refractivity contribution is 7.89. The second-order valence-electron chi connectivity index (χ2n) is 3.20. The van der Waals surface area contributed by atoms with Gasteiger partial charge in [0.15, 0.2) is 0 Å². The first-order valence-corrected chi connectivity index (χ1v) is 6.11. The van der Waals surface area contributed by atoms with Gasteiger partial charge in [-0.25, -0.2) is 8.42 Å². The Morgan fingerprint density at radius 2 is 1.94 bits per heavy atom. The summed E-state index contributed by atoms with van der Waals surface area (Å²) in [6, 6.07) is 5.96. The molecule has 1 radical (unpaired) electrons. The lowest BCUT2D eigenvalue weighted by Gasteiger charge is -2.10. The molecule has 6 nitrogen and oxygen atoms in total. The molecule has 0 aliphatic heterocycles. The number of hydrogen-bond donors (Lipinski definition) is 2. The summed E-state index contributed by atoms with van der Waals surface area (Å²) >= 11 is 0. The third kappa shape index (κ3) is 3.97. The van der Waals surface area contributed by atoms with Crippen molar-refractivity contribution >= 4 is 22.3 Å². The summed E-state index contributed by atoms with van der Waals surface area (Å²) in [7, 11) is -3.89. The van der Waals surface area contributed by atoms with Gasteiger partial charge in [0.25, 0.3) is 0 Å². The Hall–Kier alpha value is -1.73. The van der Waals surface area contributed by atoms with Crippen molar-refractivity contribution in [2.45, 2.75) is 17.4 Å². The molecule has 2 N–H and O–H groups in total. The maximum atomic E-state index is 11.7. The van der Waals surface area contributed by atoms with Crippen molar-refractivity contribution in [3.8, 4) is 0 Å². The standard InChI is InChI=1S/C10H10NO5S/c12-7-8(6-10(13)14)11-17(15,16)9-4-2-1-3-5-9/h1-5,8,11H,6H2,(H,13,14)/t8-/m0/s1. The van der Waals surface area contributed by atoms with Crippen LogP contribution in [0.5, 0.6) is 0 Å². The number of sulfonamides is 1. The fourth-order valence-electron chi connectivity index (χ4n) is 1.14. The smallest absolute Gasteiger partial charge is 0.305 e. The predicted octanol–water partition coefficient (Wildman–Crippen LogP) is -0.0821. The summed E-state index contributed by atoms with van der Waals surface area (Å²) in [6.07, 6.45) is 0.695. The number of hydrogen-bond acceptors (Lipinski definition) is 4. The molecule has 1 aromatic rings. The molecule has 0 saturated heterocycles. The number of rotatable bonds is 6. The van der Waals surface area contributed by atoms with Crippen LogP contribution < -0.4 is 4.72 Å². The molecule has 0 unspecified atom stereocenters. The van der Waals surface area contributed by atoms with E-state index in [1.165, 1.54) is 30.6 Å². The SMILES string of the molecule is O=[C][C@H](CC(=O)O)NS(=O)(=O)c1ccccc1. The van der Waals surface area contributed by atoms with Gasteiger partial charge in [-0.2, -0.15) is 4.72 Å². The van der Waals surface area contributed by atoms with Crippen LogP contribution in [0.1, 0.15) is 6.42 Å². The van der Waals surface area contributed by atoms with Crippen LogP contribution in [0.25, 0.3) is 0 Å². The zero-order valence-electron chi connectivity index (χ0n) is 8.66. The van der Waals surface area contributed by atoms with E-state index in [1.807, 2.05) is 4.72 Å². The van der Waals surface area contributed by atoms with E-state index in [4.69, 9.17) is 5.11 Å². The second kappa shape index (κ2) is 5.55. The van der Waals surface area contributed by atoms with Crippen LogP contribution in [0.3, 0.4) is 0 Å². The van der Waals surface area contributed by atoms with Crippen molar-refractivity contribution in [3.05, 3.63) is 30.3 Å². The van der Waals surface area contributed by atoms with E-state index in [0.717, 1.165) is 0 Å². The van der Waals surface area contributed by atoms with Crippen LogP contribution in [0.4, 0.5) is 0 Å². The number of nitrogens with one attached hydrogen (secondary N) is 1. The monoisotopic (exact) mass is 256 g/mol. The van der Waals surface area contributed by atoms with Gasteiger partial charge in [-0.05, 0) is 12.1 Å². The van der Waals surface area contributed by atoms with E-state index in [2.05, 4.69) is 0 Å². The molecule has 0 bridgehead atoms. The average molecular weight is 256 g/mol.